The maximum Gasteiger partial charge on any atom is 0.223 e. The summed E-state index contributed by atoms with van der Waals surface area (Å²) in [6.45, 7) is 8.28. The average Bonchev–Trinajstić information content (AvgIpc) is 2.68. The van der Waals surface area contributed by atoms with E-state index >= 15 is 0 Å². The van der Waals surface area contributed by atoms with Crippen molar-refractivity contribution in [2.75, 3.05) is 52.5 Å². The molecule has 5 nitrogen and oxygen atoms in total. The second-order valence-electron chi connectivity index (χ2n) is 7.24. The largest absolute Gasteiger partial charge is 0.379 e. The van der Waals surface area contributed by atoms with E-state index in [-0.39, 0.29) is 11.8 Å². The molecule has 0 atom stereocenters. The van der Waals surface area contributed by atoms with E-state index in [1.165, 1.54) is 5.56 Å². The number of nitrogens with zero attached hydrogens (tertiary/aromatic N) is 2. The van der Waals surface area contributed by atoms with Gasteiger partial charge < -0.3 is 10.1 Å². The van der Waals surface area contributed by atoms with E-state index in [2.05, 4.69) is 21.2 Å². The van der Waals surface area contributed by atoms with Gasteiger partial charge in [0.25, 0.3) is 0 Å². The van der Waals surface area contributed by atoms with Crippen LogP contribution in [0.1, 0.15) is 24.8 Å². The van der Waals surface area contributed by atoms with Gasteiger partial charge in [-0.25, -0.2) is 0 Å². The summed E-state index contributed by atoms with van der Waals surface area (Å²) in [5, 5.41) is 3.96. The fourth-order valence-corrected chi connectivity index (χ4v) is 3.90. The molecule has 3 rings (SSSR count). The van der Waals surface area contributed by atoms with Crippen LogP contribution >= 0.6 is 11.6 Å². The van der Waals surface area contributed by atoms with Crippen LogP contribution in [0.4, 0.5) is 0 Å². The zero-order valence-corrected chi connectivity index (χ0v) is 16.2. The number of likely N-dealkylation sites (tertiary alicyclic amines) is 1. The predicted octanol–water partition coefficient (Wildman–Crippen LogP) is 2.39. The van der Waals surface area contributed by atoms with Crippen molar-refractivity contribution in [2.45, 2.75) is 25.8 Å². The molecule has 2 aliphatic rings. The molecule has 0 aromatic heterocycles. The van der Waals surface area contributed by atoms with Gasteiger partial charge in [-0.15, -0.1) is 0 Å². The van der Waals surface area contributed by atoms with Gasteiger partial charge in [-0.3, -0.25) is 14.6 Å². The zero-order chi connectivity index (χ0) is 18.2. The van der Waals surface area contributed by atoms with Gasteiger partial charge in [0.1, 0.15) is 0 Å². The molecule has 1 N–H and O–H groups in total. The van der Waals surface area contributed by atoms with Crippen LogP contribution in [0.3, 0.4) is 0 Å². The Balaban J connectivity index is 1.31. The van der Waals surface area contributed by atoms with Crippen LogP contribution in [0.15, 0.2) is 24.3 Å². The summed E-state index contributed by atoms with van der Waals surface area (Å²) in [4.78, 5) is 17.2. The molecule has 6 heteroatoms. The third-order valence-electron chi connectivity index (χ3n) is 5.36. The van der Waals surface area contributed by atoms with Gasteiger partial charge >= 0.3 is 0 Å². The molecule has 1 amide bonds. The van der Waals surface area contributed by atoms with Gasteiger partial charge in [-0.05, 0) is 50.5 Å². The highest BCUT2D eigenvalue weighted by Gasteiger charge is 2.25. The first-order valence-electron chi connectivity index (χ1n) is 9.76. The molecule has 2 aliphatic heterocycles. The Hall–Kier alpha value is -1.14. The lowest BCUT2D eigenvalue weighted by atomic mass is 9.95. The van der Waals surface area contributed by atoms with E-state index in [1.807, 2.05) is 18.2 Å². The molecule has 0 saturated carbocycles. The number of benzene rings is 1. The Morgan fingerprint density at radius 1 is 1.12 bits per heavy atom. The van der Waals surface area contributed by atoms with Gasteiger partial charge in [0.15, 0.2) is 0 Å². The number of hydrogen-bond donors (Lipinski definition) is 1. The molecule has 0 spiro atoms. The first-order chi connectivity index (χ1) is 12.7. The quantitative estimate of drug-likeness (QED) is 0.739. The third kappa shape index (κ3) is 5.95. The maximum absolute atomic E-state index is 12.4. The van der Waals surface area contributed by atoms with Crippen molar-refractivity contribution >= 4 is 17.5 Å². The van der Waals surface area contributed by atoms with Crippen LogP contribution in [0, 0.1) is 5.92 Å². The SMILES string of the molecule is O=C(NCCCN1CCOCC1)C1CCN(Cc2ccccc2Cl)CC1. The van der Waals surface area contributed by atoms with E-state index in [4.69, 9.17) is 16.3 Å². The third-order valence-corrected chi connectivity index (χ3v) is 5.73. The van der Waals surface area contributed by atoms with Crippen molar-refractivity contribution in [1.82, 2.24) is 15.1 Å². The highest BCUT2D eigenvalue weighted by molar-refractivity contribution is 6.31. The van der Waals surface area contributed by atoms with Gasteiger partial charge in [-0.2, -0.15) is 0 Å². The second kappa shape index (κ2) is 10.3. The summed E-state index contributed by atoms with van der Waals surface area (Å²) in [6, 6.07) is 8.00. The molecule has 0 unspecified atom stereocenters. The van der Waals surface area contributed by atoms with Crippen LogP contribution in [-0.2, 0) is 16.1 Å². The van der Waals surface area contributed by atoms with Gasteiger partial charge in [0.2, 0.25) is 5.91 Å². The van der Waals surface area contributed by atoms with Crippen LogP contribution < -0.4 is 5.32 Å². The van der Waals surface area contributed by atoms with Crippen molar-refractivity contribution < 1.29 is 9.53 Å². The molecule has 0 aliphatic carbocycles. The minimum Gasteiger partial charge on any atom is -0.379 e. The molecular weight excluding hydrogens is 350 g/mol. The molecular formula is C20H30ClN3O2. The number of carbonyl (C=O) groups is 1. The maximum atomic E-state index is 12.4. The van der Waals surface area contributed by atoms with Crippen molar-refractivity contribution in [3.63, 3.8) is 0 Å². The van der Waals surface area contributed by atoms with Crippen LogP contribution in [0.2, 0.25) is 5.02 Å². The van der Waals surface area contributed by atoms with Crippen molar-refractivity contribution in [1.29, 1.82) is 0 Å². The minimum atomic E-state index is 0.154. The van der Waals surface area contributed by atoms with E-state index in [0.717, 1.165) is 83.3 Å². The Bertz CT molecular complexity index is 570. The zero-order valence-electron chi connectivity index (χ0n) is 15.5. The normalized spacial score (nSPS) is 20.2. The smallest absolute Gasteiger partial charge is 0.223 e. The van der Waals surface area contributed by atoms with Crippen LogP contribution in [0.25, 0.3) is 0 Å². The number of rotatable bonds is 7. The Morgan fingerprint density at radius 2 is 1.85 bits per heavy atom. The first-order valence-corrected chi connectivity index (χ1v) is 10.1. The topological polar surface area (TPSA) is 44.8 Å². The summed E-state index contributed by atoms with van der Waals surface area (Å²) >= 11 is 6.25. The lowest BCUT2D eigenvalue weighted by Crippen LogP contribution is -2.41. The summed E-state index contributed by atoms with van der Waals surface area (Å²) < 4.78 is 5.35. The summed E-state index contributed by atoms with van der Waals surface area (Å²) in [5.41, 5.74) is 1.17. The minimum absolute atomic E-state index is 0.154. The first kappa shape index (κ1) is 19.6. The lowest BCUT2D eigenvalue weighted by molar-refractivity contribution is -0.126. The molecule has 2 saturated heterocycles. The lowest BCUT2D eigenvalue weighted by Gasteiger charge is -2.31. The number of amides is 1. The van der Waals surface area contributed by atoms with E-state index < -0.39 is 0 Å². The fourth-order valence-electron chi connectivity index (χ4n) is 3.70. The number of carbonyl (C=O) groups excluding carboxylic acids is 1. The van der Waals surface area contributed by atoms with E-state index in [0.29, 0.717) is 0 Å². The van der Waals surface area contributed by atoms with Crippen LogP contribution in [0.5, 0.6) is 0 Å². The molecule has 1 aromatic rings. The van der Waals surface area contributed by atoms with Crippen molar-refractivity contribution in [3.05, 3.63) is 34.9 Å². The number of nitrogens with one attached hydrogen (secondary N) is 1. The summed E-state index contributed by atoms with van der Waals surface area (Å²) in [7, 11) is 0. The number of piperidine rings is 1. The monoisotopic (exact) mass is 379 g/mol. The van der Waals surface area contributed by atoms with E-state index in [9.17, 15) is 4.79 Å². The van der Waals surface area contributed by atoms with Crippen molar-refractivity contribution in [3.8, 4) is 0 Å². The number of hydrogen-bond acceptors (Lipinski definition) is 4. The predicted molar refractivity (Wildman–Crippen MR) is 104 cm³/mol. The number of ether oxygens (including phenoxy) is 1. The number of halogens is 1. The van der Waals surface area contributed by atoms with Gasteiger partial charge in [0, 0.05) is 37.1 Å². The highest BCUT2D eigenvalue weighted by Crippen LogP contribution is 2.22. The molecule has 2 fully saturated rings. The van der Waals surface area contributed by atoms with Crippen molar-refractivity contribution in [2.24, 2.45) is 5.92 Å². The second-order valence-corrected chi connectivity index (χ2v) is 7.65. The standard InChI is InChI=1S/C20H30ClN3O2/c21-19-5-2-1-4-18(19)16-24-10-6-17(7-11-24)20(25)22-8-3-9-23-12-14-26-15-13-23/h1-2,4-5,17H,3,6-16H2,(H,22,25). The Labute approximate surface area is 161 Å². The number of morpholine rings is 1. The summed E-state index contributed by atoms with van der Waals surface area (Å²) in [5.74, 6) is 0.380. The fraction of sp³-hybridized carbons (Fsp3) is 0.650. The molecule has 26 heavy (non-hydrogen) atoms. The summed E-state index contributed by atoms with van der Waals surface area (Å²) in [6.07, 6.45) is 2.87. The van der Waals surface area contributed by atoms with E-state index in [1.54, 1.807) is 0 Å². The average molecular weight is 380 g/mol. The molecule has 2 heterocycles. The molecule has 0 bridgehead atoms. The van der Waals surface area contributed by atoms with Gasteiger partial charge in [0.05, 0.1) is 13.2 Å². The Kier molecular flexibility index (Phi) is 7.74. The highest BCUT2D eigenvalue weighted by atomic mass is 35.5. The molecule has 0 radical (unpaired) electrons. The van der Waals surface area contributed by atoms with Gasteiger partial charge in [-0.1, -0.05) is 29.8 Å². The Morgan fingerprint density at radius 3 is 2.58 bits per heavy atom. The molecule has 1 aromatic carbocycles. The molecule has 144 valence electrons. The van der Waals surface area contributed by atoms with Crippen LogP contribution in [-0.4, -0.2) is 68.2 Å².